The van der Waals surface area contributed by atoms with E-state index >= 15 is 0 Å². The van der Waals surface area contributed by atoms with Crippen LogP contribution in [0, 0.1) is 6.92 Å². The van der Waals surface area contributed by atoms with E-state index in [0.29, 0.717) is 16.3 Å². The molecule has 0 atom stereocenters. The van der Waals surface area contributed by atoms with Gasteiger partial charge in [-0.3, -0.25) is 14.4 Å². The summed E-state index contributed by atoms with van der Waals surface area (Å²) in [4.78, 5) is 29.4. The van der Waals surface area contributed by atoms with Crippen molar-refractivity contribution in [1.29, 1.82) is 0 Å². The van der Waals surface area contributed by atoms with Crippen LogP contribution < -0.4 is 5.32 Å². The molecule has 1 aromatic rings. The van der Waals surface area contributed by atoms with Gasteiger partial charge in [-0.2, -0.15) is 0 Å². The highest BCUT2D eigenvalue weighted by Crippen LogP contribution is 2.23. The van der Waals surface area contributed by atoms with Crippen LogP contribution in [0.15, 0.2) is 6.07 Å². The molecular formula is C11H16N2O3S. The Hall–Kier alpha value is -1.40. The number of nitrogens with zero attached hydrogens (tertiary/aromatic N) is 1. The largest absolute Gasteiger partial charge is 0.352 e. The molecule has 1 heterocycles. The summed E-state index contributed by atoms with van der Waals surface area (Å²) in [6, 6.07) is 1.71. The number of carbonyl (C=O) groups excluding carboxylic acids is 2. The van der Waals surface area contributed by atoms with Crippen molar-refractivity contribution in [2.45, 2.75) is 13.8 Å². The van der Waals surface area contributed by atoms with E-state index in [2.05, 4.69) is 5.32 Å². The van der Waals surface area contributed by atoms with Gasteiger partial charge in [-0.25, -0.2) is 5.06 Å². The van der Waals surface area contributed by atoms with E-state index in [1.54, 1.807) is 13.0 Å². The number of carbonyl (C=O) groups is 2. The molecule has 2 amide bonds. The van der Waals surface area contributed by atoms with E-state index in [1.807, 2.05) is 6.92 Å². The van der Waals surface area contributed by atoms with Crippen molar-refractivity contribution in [3.8, 4) is 0 Å². The van der Waals surface area contributed by atoms with E-state index < -0.39 is 0 Å². The summed E-state index contributed by atoms with van der Waals surface area (Å²) in [5, 5.41) is 3.84. The lowest BCUT2D eigenvalue weighted by Crippen LogP contribution is -2.25. The molecule has 0 saturated heterocycles. The first-order valence-corrected chi connectivity index (χ1v) is 6.03. The fraction of sp³-hybridized carbons (Fsp3) is 0.455. The van der Waals surface area contributed by atoms with Gasteiger partial charge in [-0.1, -0.05) is 0 Å². The Balaban J connectivity index is 2.96. The van der Waals surface area contributed by atoms with Crippen LogP contribution in [0.3, 0.4) is 0 Å². The molecule has 0 saturated carbocycles. The summed E-state index contributed by atoms with van der Waals surface area (Å²) in [6.07, 6.45) is 0. The van der Waals surface area contributed by atoms with Crippen molar-refractivity contribution in [3.63, 3.8) is 0 Å². The molecule has 0 aliphatic carbocycles. The van der Waals surface area contributed by atoms with Crippen molar-refractivity contribution in [3.05, 3.63) is 21.4 Å². The number of rotatable bonds is 4. The lowest BCUT2D eigenvalue weighted by Gasteiger charge is -2.12. The second-order valence-corrected chi connectivity index (χ2v) is 4.52. The SMILES string of the molecule is CCNC(=O)c1cc(C)c(C(=O)N(C)OC)s1. The third kappa shape index (κ3) is 3.04. The average Bonchev–Trinajstić information content (AvgIpc) is 2.69. The van der Waals surface area contributed by atoms with Gasteiger partial charge in [0.25, 0.3) is 11.8 Å². The summed E-state index contributed by atoms with van der Waals surface area (Å²) >= 11 is 1.18. The van der Waals surface area contributed by atoms with Crippen molar-refractivity contribution in [2.75, 3.05) is 20.7 Å². The van der Waals surface area contributed by atoms with E-state index in [-0.39, 0.29) is 11.8 Å². The van der Waals surface area contributed by atoms with Gasteiger partial charge in [0.2, 0.25) is 0 Å². The monoisotopic (exact) mass is 256 g/mol. The molecule has 94 valence electrons. The lowest BCUT2D eigenvalue weighted by atomic mass is 10.2. The smallest absolute Gasteiger partial charge is 0.287 e. The zero-order valence-corrected chi connectivity index (χ0v) is 11.2. The molecule has 0 bridgehead atoms. The van der Waals surface area contributed by atoms with Crippen molar-refractivity contribution in [1.82, 2.24) is 10.4 Å². The van der Waals surface area contributed by atoms with Crippen LogP contribution in [-0.4, -0.2) is 37.6 Å². The Morgan fingerprint density at radius 2 is 2.18 bits per heavy atom. The van der Waals surface area contributed by atoms with E-state index in [1.165, 1.54) is 25.5 Å². The van der Waals surface area contributed by atoms with Crippen molar-refractivity contribution in [2.24, 2.45) is 0 Å². The van der Waals surface area contributed by atoms with Crippen LogP contribution in [0.2, 0.25) is 0 Å². The highest BCUT2D eigenvalue weighted by molar-refractivity contribution is 7.16. The van der Waals surface area contributed by atoms with Crippen LogP contribution in [0.5, 0.6) is 0 Å². The van der Waals surface area contributed by atoms with Gasteiger partial charge in [-0.05, 0) is 25.5 Å². The molecule has 6 heteroatoms. The van der Waals surface area contributed by atoms with E-state index in [0.717, 1.165) is 10.6 Å². The molecule has 1 aromatic heterocycles. The Morgan fingerprint density at radius 1 is 1.53 bits per heavy atom. The van der Waals surface area contributed by atoms with Gasteiger partial charge in [0.1, 0.15) is 0 Å². The Kier molecular flexibility index (Phi) is 4.65. The van der Waals surface area contributed by atoms with Gasteiger partial charge in [0.15, 0.2) is 0 Å². The maximum absolute atomic E-state index is 11.9. The molecule has 0 radical (unpaired) electrons. The molecule has 5 nitrogen and oxygen atoms in total. The predicted octanol–water partition coefficient (Wildman–Crippen LogP) is 1.44. The molecule has 17 heavy (non-hydrogen) atoms. The Labute approximate surface area is 104 Å². The minimum absolute atomic E-state index is 0.153. The first-order chi connectivity index (χ1) is 8.01. The summed E-state index contributed by atoms with van der Waals surface area (Å²) < 4.78 is 0. The maximum Gasteiger partial charge on any atom is 0.287 e. The lowest BCUT2D eigenvalue weighted by molar-refractivity contribution is -0.0754. The maximum atomic E-state index is 11.9. The number of thiophene rings is 1. The van der Waals surface area contributed by atoms with Gasteiger partial charge >= 0.3 is 0 Å². The molecular weight excluding hydrogens is 240 g/mol. The fourth-order valence-electron chi connectivity index (χ4n) is 1.28. The first kappa shape index (κ1) is 13.7. The fourth-order valence-corrected chi connectivity index (χ4v) is 2.34. The number of hydroxylamine groups is 2. The van der Waals surface area contributed by atoms with Crippen LogP contribution in [0.4, 0.5) is 0 Å². The number of hydrogen-bond donors (Lipinski definition) is 1. The zero-order valence-electron chi connectivity index (χ0n) is 10.4. The minimum atomic E-state index is -0.245. The third-order valence-corrected chi connectivity index (χ3v) is 3.46. The number of aryl methyl sites for hydroxylation is 1. The van der Waals surface area contributed by atoms with Gasteiger partial charge < -0.3 is 5.32 Å². The summed E-state index contributed by atoms with van der Waals surface area (Å²) in [6.45, 7) is 4.22. The molecule has 0 aliphatic rings. The van der Waals surface area contributed by atoms with Gasteiger partial charge in [-0.15, -0.1) is 11.3 Å². The second kappa shape index (κ2) is 5.79. The van der Waals surface area contributed by atoms with E-state index in [4.69, 9.17) is 4.84 Å². The molecule has 0 unspecified atom stereocenters. The van der Waals surface area contributed by atoms with Gasteiger partial charge in [0.05, 0.1) is 16.9 Å². The van der Waals surface area contributed by atoms with Crippen LogP contribution in [0.1, 0.15) is 31.8 Å². The topological polar surface area (TPSA) is 58.6 Å². The average molecular weight is 256 g/mol. The molecule has 0 aromatic carbocycles. The highest BCUT2D eigenvalue weighted by Gasteiger charge is 2.19. The van der Waals surface area contributed by atoms with Crippen LogP contribution >= 0.6 is 11.3 Å². The number of amides is 2. The number of hydrogen-bond acceptors (Lipinski definition) is 4. The summed E-state index contributed by atoms with van der Waals surface area (Å²) in [7, 11) is 2.96. The summed E-state index contributed by atoms with van der Waals surface area (Å²) in [5.41, 5.74) is 0.783. The van der Waals surface area contributed by atoms with E-state index in [9.17, 15) is 9.59 Å². The zero-order chi connectivity index (χ0) is 13.0. The second-order valence-electron chi connectivity index (χ2n) is 3.47. The van der Waals surface area contributed by atoms with Crippen LogP contribution in [-0.2, 0) is 4.84 Å². The molecule has 1 rings (SSSR count). The molecule has 0 fully saturated rings. The minimum Gasteiger partial charge on any atom is -0.352 e. The number of nitrogens with one attached hydrogen (secondary N) is 1. The molecule has 0 spiro atoms. The third-order valence-electron chi connectivity index (χ3n) is 2.23. The van der Waals surface area contributed by atoms with Crippen LogP contribution in [0.25, 0.3) is 0 Å². The van der Waals surface area contributed by atoms with Crippen molar-refractivity contribution < 1.29 is 14.4 Å². The Bertz CT molecular complexity index is 428. The summed E-state index contributed by atoms with van der Waals surface area (Å²) in [5.74, 6) is -0.398. The normalized spacial score (nSPS) is 10.1. The first-order valence-electron chi connectivity index (χ1n) is 5.22. The van der Waals surface area contributed by atoms with Gasteiger partial charge in [0, 0.05) is 13.6 Å². The molecule has 0 aliphatic heterocycles. The predicted molar refractivity (Wildman–Crippen MR) is 66.2 cm³/mol. The Morgan fingerprint density at radius 3 is 2.71 bits per heavy atom. The van der Waals surface area contributed by atoms with Crippen molar-refractivity contribution >= 4 is 23.2 Å². The quantitative estimate of drug-likeness (QED) is 0.829. The molecule has 1 N–H and O–H groups in total. The standard InChI is InChI=1S/C11H16N2O3S/c1-5-12-10(14)8-6-7(2)9(17-8)11(15)13(3)16-4/h6H,5H2,1-4H3,(H,12,14). The highest BCUT2D eigenvalue weighted by atomic mass is 32.1.